The summed E-state index contributed by atoms with van der Waals surface area (Å²) in [5, 5.41) is 0. The Kier molecular flexibility index (Phi) is 2.98. The quantitative estimate of drug-likeness (QED) is 0.521. The molecule has 3 aliphatic rings. The molecule has 0 amide bonds. The van der Waals surface area contributed by atoms with Gasteiger partial charge in [-0.3, -0.25) is 4.79 Å². The molecule has 3 fully saturated rings. The fraction of sp³-hybridized carbons (Fsp3) is 0.800. The molecule has 0 aromatic carbocycles. The van der Waals surface area contributed by atoms with Gasteiger partial charge in [0.25, 0.3) is 0 Å². The Hall–Kier alpha value is -0.590. The average molecular weight is 220 g/mol. The van der Waals surface area contributed by atoms with Gasteiger partial charge in [0.2, 0.25) is 0 Å². The third kappa shape index (κ3) is 1.74. The van der Waals surface area contributed by atoms with E-state index in [1.54, 1.807) is 0 Å². The summed E-state index contributed by atoms with van der Waals surface area (Å²) in [4.78, 5) is 10.6. The summed E-state index contributed by atoms with van der Waals surface area (Å²) in [6.45, 7) is 9.19. The third-order valence-electron chi connectivity index (χ3n) is 5.44. The van der Waals surface area contributed by atoms with Crippen LogP contribution in [0.1, 0.15) is 47.0 Å². The lowest BCUT2D eigenvalue weighted by Crippen LogP contribution is -2.54. The van der Waals surface area contributed by atoms with E-state index in [1.165, 1.54) is 12.8 Å². The van der Waals surface area contributed by atoms with Gasteiger partial charge in [0.1, 0.15) is 6.29 Å². The predicted molar refractivity (Wildman–Crippen MR) is 67.1 cm³/mol. The van der Waals surface area contributed by atoms with Gasteiger partial charge < -0.3 is 0 Å². The smallest absolute Gasteiger partial charge is 0.145 e. The van der Waals surface area contributed by atoms with Crippen LogP contribution in [-0.4, -0.2) is 6.29 Å². The van der Waals surface area contributed by atoms with Gasteiger partial charge >= 0.3 is 0 Å². The number of hydrogen-bond acceptors (Lipinski definition) is 1. The number of hydrogen-bond donors (Lipinski definition) is 0. The highest BCUT2D eigenvalue weighted by atomic mass is 16.1. The van der Waals surface area contributed by atoms with Gasteiger partial charge in [-0.25, -0.2) is 0 Å². The van der Waals surface area contributed by atoms with Crippen molar-refractivity contribution in [1.29, 1.82) is 0 Å². The Morgan fingerprint density at radius 1 is 1.38 bits per heavy atom. The summed E-state index contributed by atoms with van der Waals surface area (Å²) in [6.07, 6.45) is 7.02. The second-order valence-corrected chi connectivity index (χ2v) is 6.52. The van der Waals surface area contributed by atoms with Gasteiger partial charge in [-0.05, 0) is 60.8 Å². The van der Waals surface area contributed by atoms with Crippen molar-refractivity contribution in [2.45, 2.75) is 47.0 Å². The second kappa shape index (κ2) is 4.01. The second-order valence-electron chi connectivity index (χ2n) is 6.52. The first-order valence-electron chi connectivity index (χ1n) is 6.58. The van der Waals surface area contributed by atoms with Gasteiger partial charge in [0.15, 0.2) is 0 Å². The molecular weight excluding hydrogens is 196 g/mol. The number of carbonyl (C=O) groups excluding carboxylic acids is 1. The molecule has 1 nitrogen and oxygen atoms in total. The molecule has 4 atom stereocenters. The molecule has 90 valence electrons. The highest BCUT2D eigenvalue weighted by molar-refractivity contribution is 5.71. The van der Waals surface area contributed by atoms with Crippen LogP contribution in [0, 0.1) is 29.1 Å². The van der Waals surface area contributed by atoms with Crippen LogP contribution in [0.4, 0.5) is 0 Å². The van der Waals surface area contributed by atoms with Crippen LogP contribution in [0.25, 0.3) is 0 Å². The molecule has 1 heteroatoms. The Morgan fingerprint density at radius 3 is 2.56 bits per heavy atom. The Labute approximate surface area is 99.3 Å². The highest BCUT2D eigenvalue weighted by Crippen LogP contribution is 2.63. The zero-order chi connectivity index (χ0) is 11.9. The largest absolute Gasteiger partial charge is 0.298 e. The zero-order valence-corrected chi connectivity index (χ0v) is 11.0. The normalized spacial score (nSPS) is 41.4. The minimum absolute atomic E-state index is 0.583. The average Bonchev–Trinajstić information content (AvgIpc) is 2.26. The molecule has 0 saturated heterocycles. The third-order valence-corrected chi connectivity index (χ3v) is 5.44. The minimum atomic E-state index is 0.583. The number of allylic oxidation sites excluding steroid dienone is 2. The van der Waals surface area contributed by atoms with Crippen LogP contribution in [0.3, 0.4) is 0 Å². The van der Waals surface area contributed by atoms with Crippen LogP contribution >= 0.6 is 0 Å². The van der Waals surface area contributed by atoms with Gasteiger partial charge in [0.05, 0.1) is 0 Å². The lowest BCUT2D eigenvalue weighted by molar-refractivity contribution is -0.127. The van der Waals surface area contributed by atoms with Crippen LogP contribution in [-0.2, 0) is 4.79 Å². The van der Waals surface area contributed by atoms with Crippen molar-refractivity contribution in [3.05, 3.63) is 11.6 Å². The summed E-state index contributed by atoms with van der Waals surface area (Å²) >= 11 is 0. The van der Waals surface area contributed by atoms with Crippen molar-refractivity contribution in [3.63, 3.8) is 0 Å². The lowest BCUT2D eigenvalue weighted by atomic mass is 9.43. The fourth-order valence-electron chi connectivity index (χ4n) is 3.95. The summed E-state index contributed by atoms with van der Waals surface area (Å²) in [7, 11) is 0. The van der Waals surface area contributed by atoms with Crippen molar-refractivity contribution in [2.24, 2.45) is 29.1 Å². The van der Waals surface area contributed by atoms with Crippen LogP contribution in [0.2, 0.25) is 0 Å². The van der Waals surface area contributed by atoms with Crippen molar-refractivity contribution < 1.29 is 4.79 Å². The first kappa shape index (κ1) is 11.9. The maximum atomic E-state index is 10.6. The number of fused-ring (bicyclic) bond motifs is 2. The lowest BCUT2D eigenvalue weighted by Gasteiger charge is -2.62. The van der Waals surface area contributed by atoms with E-state index in [0.29, 0.717) is 5.41 Å². The van der Waals surface area contributed by atoms with E-state index in [0.717, 1.165) is 42.0 Å². The highest BCUT2D eigenvalue weighted by Gasteiger charge is 2.55. The molecule has 16 heavy (non-hydrogen) atoms. The van der Waals surface area contributed by atoms with Crippen molar-refractivity contribution in [2.75, 3.05) is 0 Å². The molecule has 0 radical (unpaired) electrons. The van der Waals surface area contributed by atoms with Gasteiger partial charge in [0, 0.05) is 0 Å². The van der Waals surface area contributed by atoms with Crippen molar-refractivity contribution in [1.82, 2.24) is 0 Å². The van der Waals surface area contributed by atoms with Crippen LogP contribution in [0.15, 0.2) is 11.6 Å². The molecule has 0 aromatic rings. The molecule has 0 N–H and O–H groups in total. The fourth-order valence-corrected chi connectivity index (χ4v) is 3.95. The maximum absolute atomic E-state index is 10.6. The first-order valence-corrected chi connectivity index (χ1v) is 6.58. The Bertz CT molecular complexity index is 313. The van der Waals surface area contributed by atoms with E-state index in [2.05, 4.69) is 26.8 Å². The predicted octanol–water partition coefficient (Wildman–Crippen LogP) is 3.84. The molecule has 0 unspecified atom stereocenters. The summed E-state index contributed by atoms with van der Waals surface area (Å²) in [5.41, 5.74) is 1.48. The zero-order valence-electron chi connectivity index (χ0n) is 11.0. The minimum Gasteiger partial charge on any atom is -0.298 e. The summed E-state index contributed by atoms with van der Waals surface area (Å²) < 4.78 is 0. The van der Waals surface area contributed by atoms with Crippen LogP contribution < -0.4 is 0 Å². The summed E-state index contributed by atoms with van der Waals surface area (Å²) in [5.74, 6) is 3.49. The molecule has 0 aromatic heterocycles. The topological polar surface area (TPSA) is 17.1 Å². The first-order chi connectivity index (χ1) is 7.46. The molecule has 0 aliphatic heterocycles. The summed E-state index contributed by atoms with van der Waals surface area (Å²) in [6, 6.07) is 0. The Morgan fingerprint density at radius 2 is 2.06 bits per heavy atom. The molecular formula is C15H24O. The van der Waals surface area contributed by atoms with Gasteiger partial charge in [-0.15, -0.1) is 0 Å². The van der Waals surface area contributed by atoms with Gasteiger partial charge in [-0.2, -0.15) is 0 Å². The van der Waals surface area contributed by atoms with Crippen molar-refractivity contribution in [3.8, 4) is 0 Å². The van der Waals surface area contributed by atoms with E-state index in [-0.39, 0.29) is 0 Å². The Balaban J connectivity index is 1.98. The number of rotatable bonds is 3. The monoisotopic (exact) mass is 220 g/mol. The molecule has 3 rings (SSSR count). The van der Waals surface area contributed by atoms with E-state index in [1.807, 2.05) is 6.92 Å². The van der Waals surface area contributed by atoms with E-state index in [4.69, 9.17) is 0 Å². The van der Waals surface area contributed by atoms with E-state index >= 15 is 0 Å². The molecule has 3 saturated carbocycles. The molecule has 3 aliphatic carbocycles. The standard InChI is InChI=1S/C15H24O/c1-10(9-16)5-6-12-7-13-8-14(11(12)2)15(13,3)4/h5,9,11-14H,6-8H2,1-4H3/b10-5+/t11-,12+,13+,14+/m0/s1. The number of carbonyl (C=O) groups is 1. The van der Waals surface area contributed by atoms with E-state index in [9.17, 15) is 4.79 Å². The van der Waals surface area contributed by atoms with Crippen molar-refractivity contribution >= 4 is 6.29 Å². The molecule has 0 heterocycles. The molecule has 2 bridgehead atoms. The van der Waals surface area contributed by atoms with E-state index < -0.39 is 0 Å². The maximum Gasteiger partial charge on any atom is 0.145 e. The number of aldehydes is 1. The van der Waals surface area contributed by atoms with Crippen LogP contribution in [0.5, 0.6) is 0 Å². The SMILES string of the molecule is C/C(C=O)=C\C[C@@H]1C[C@@H]2C[C@H]([C@H]1C)C2(C)C. The van der Waals surface area contributed by atoms with Gasteiger partial charge in [-0.1, -0.05) is 26.8 Å². The molecule has 0 spiro atoms.